The minimum absolute atomic E-state index is 0.0290. The molecule has 1 aliphatic heterocycles. The highest BCUT2D eigenvalue weighted by Gasteiger charge is 2.32. The van der Waals surface area contributed by atoms with Crippen molar-refractivity contribution in [3.63, 3.8) is 0 Å². The lowest BCUT2D eigenvalue weighted by molar-refractivity contribution is -0.142. The van der Waals surface area contributed by atoms with Crippen molar-refractivity contribution in [3.8, 4) is 0 Å². The Bertz CT molecular complexity index is 419. The Kier molecular flexibility index (Phi) is 5.13. The molecule has 1 saturated heterocycles. The van der Waals surface area contributed by atoms with Gasteiger partial charge >= 0.3 is 0 Å². The van der Waals surface area contributed by atoms with Crippen molar-refractivity contribution in [3.05, 3.63) is 35.0 Å². The summed E-state index contributed by atoms with van der Waals surface area (Å²) in [6.45, 7) is 5.37. The van der Waals surface area contributed by atoms with Crippen LogP contribution in [0.1, 0.15) is 17.7 Å². The van der Waals surface area contributed by atoms with Crippen LogP contribution < -0.4 is 5.73 Å². The van der Waals surface area contributed by atoms with Crippen LogP contribution in [0.25, 0.3) is 0 Å². The number of nitrogens with zero attached hydrogens (tertiary/aromatic N) is 1. The molecule has 0 unspecified atom stereocenters. The van der Waals surface area contributed by atoms with Crippen molar-refractivity contribution in [2.24, 2.45) is 5.73 Å². The summed E-state index contributed by atoms with van der Waals surface area (Å²) in [6.07, 6.45) is 3.07. The van der Waals surface area contributed by atoms with Gasteiger partial charge in [-0.2, -0.15) is 0 Å². The molecule has 0 radical (unpaired) electrons. The van der Waals surface area contributed by atoms with E-state index in [1.165, 1.54) is 4.88 Å². The zero-order chi connectivity index (χ0) is 13.7. The van der Waals surface area contributed by atoms with Crippen LogP contribution in [0.3, 0.4) is 0 Å². The molecule has 0 spiro atoms. The van der Waals surface area contributed by atoms with Crippen LogP contribution in [-0.4, -0.2) is 36.1 Å². The Hall–Kier alpha value is -1.17. The molecule has 1 amide bonds. The molecular weight excluding hydrogens is 260 g/mol. The van der Waals surface area contributed by atoms with Crippen LogP contribution >= 0.6 is 11.3 Å². The van der Waals surface area contributed by atoms with Gasteiger partial charge in [-0.3, -0.25) is 4.79 Å². The number of thiophene rings is 1. The number of amides is 1. The summed E-state index contributed by atoms with van der Waals surface area (Å²) >= 11 is 1.65. The molecule has 2 heterocycles. The number of nitrogens with two attached hydrogens (primary N) is 1. The second-order valence-electron chi connectivity index (χ2n) is 4.65. The van der Waals surface area contributed by atoms with E-state index in [2.05, 4.69) is 6.58 Å². The number of rotatable bonds is 6. The second kappa shape index (κ2) is 6.84. The fourth-order valence-corrected chi connectivity index (χ4v) is 2.96. The maximum Gasteiger partial charge on any atom is 0.252 e. The molecule has 4 nitrogen and oxygen atoms in total. The molecule has 2 N–H and O–H groups in total. The zero-order valence-corrected chi connectivity index (χ0v) is 11.8. The molecule has 5 heteroatoms. The molecule has 0 aromatic carbocycles. The fraction of sp³-hybridized carbons (Fsp3) is 0.500. The fourth-order valence-electron chi connectivity index (χ4n) is 2.24. The van der Waals surface area contributed by atoms with Crippen molar-refractivity contribution in [1.82, 2.24) is 4.90 Å². The van der Waals surface area contributed by atoms with Gasteiger partial charge in [0.2, 0.25) is 0 Å². The SMILES string of the molecule is C=CCN(Cc1cccs1)C(=O)[C@@H]1CC[C@H](CN)O1. The Morgan fingerprint density at radius 3 is 3.05 bits per heavy atom. The van der Waals surface area contributed by atoms with Crippen molar-refractivity contribution in [2.75, 3.05) is 13.1 Å². The first kappa shape index (κ1) is 14.2. The maximum absolute atomic E-state index is 12.4. The van der Waals surface area contributed by atoms with E-state index in [0.717, 1.165) is 12.8 Å². The second-order valence-corrected chi connectivity index (χ2v) is 5.68. The van der Waals surface area contributed by atoms with Crippen LogP contribution in [0.4, 0.5) is 0 Å². The lowest BCUT2D eigenvalue weighted by Gasteiger charge is -2.24. The molecule has 2 rings (SSSR count). The Morgan fingerprint density at radius 2 is 2.47 bits per heavy atom. The Morgan fingerprint density at radius 1 is 1.63 bits per heavy atom. The molecule has 0 aliphatic carbocycles. The van der Waals surface area contributed by atoms with E-state index in [0.29, 0.717) is 19.6 Å². The van der Waals surface area contributed by atoms with Gasteiger partial charge in [0, 0.05) is 18.0 Å². The molecule has 1 aromatic rings. The third-order valence-corrected chi connectivity index (χ3v) is 4.09. The van der Waals surface area contributed by atoms with Gasteiger partial charge in [-0.25, -0.2) is 0 Å². The zero-order valence-electron chi connectivity index (χ0n) is 11.0. The van der Waals surface area contributed by atoms with E-state index in [-0.39, 0.29) is 18.1 Å². The first-order valence-electron chi connectivity index (χ1n) is 6.52. The molecule has 0 saturated carbocycles. The van der Waals surface area contributed by atoms with Gasteiger partial charge in [0.05, 0.1) is 12.6 Å². The summed E-state index contributed by atoms with van der Waals surface area (Å²) in [5.41, 5.74) is 5.58. The smallest absolute Gasteiger partial charge is 0.252 e. The highest BCUT2D eigenvalue weighted by molar-refractivity contribution is 7.09. The van der Waals surface area contributed by atoms with Gasteiger partial charge < -0.3 is 15.4 Å². The highest BCUT2D eigenvalue weighted by Crippen LogP contribution is 2.22. The van der Waals surface area contributed by atoms with Crippen molar-refractivity contribution in [1.29, 1.82) is 0 Å². The molecular formula is C14H20N2O2S. The van der Waals surface area contributed by atoms with Gasteiger partial charge in [-0.15, -0.1) is 17.9 Å². The number of hydrogen-bond acceptors (Lipinski definition) is 4. The molecule has 2 atom stereocenters. The van der Waals surface area contributed by atoms with Crippen LogP contribution in [0.5, 0.6) is 0 Å². The molecule has 0 bridgehead atoms. The number of ether oxygens (including phenoxy) is 1. The summed E-state index contributed by atoms with van der Waals surface area (Å²) in [5.74, 6) is 0.0456. The van der Waals surface area contributed by atoms with Crippen molar-refractivity contribution < 1.29 is 9.53 Å². The van der Waals surface area contributed by atoms with Crippen molar-refractivity contribution in [2.45, 2.75) is 31.6 Å². The Balaban J connectivity index is 1.98. The predicted octanol–water partition coefficient (Wildman–Crippen LogP) is 1.77. The number of carbonyl (C=O) groups excluding carboxylic acids is 1. The Labute approximate surface area is 117 Å². The molecule has 104 valence electrons. The third kappa shape index (κ3) is 3.65. The minimum Gasteiger partial charge on any atom is -0.364 e. The molecule has 1 fully saturated rings. The highest BCUT2D eigenvalue weighted by atomic mass is 32.1. The monoisotopic (exact) mass is 280 g/mol. The van der Waals surface area contributed by atoms with Crippen LogP contribution in [0.2, 0.25) is 0 Å². The van der Waals surface area contributed by atoms with Gasteiger partial charge in [0.25, 0.3) is 5.91 Å². The van der Waals surface area contributed by atoms with E-state index in [9.17, 15) is 4.79 Å². The van der Waals surface area contributed by atoms with E-state index in [4.69, 9.17) is 10.5 Å². The molecule has 1 aliphatic rings. The standard InChI is InChI=1S/C14H20N2O2S/c1-2-7-16(10-12-4-3-8-19-12)14(17)13-6-5-11(9-15)18-13/h2-4,8,11,13H,1,5-7,9-10,15H2/t11-,13+/m1/s1. The van der Waals surface area contributed by atoms with E-state index in [1.54, 1.807) is 22.3 Å². The summed E-state index contributed by atoms with van der Waals surface area (Å²) < 4.78 is 5.67. The average molecular weight is 280 g/mol. The van der Waals surface area contributed by atoms with Crippen LogP contribution in [0, 0.1) is 0 Å². The average Bonchev–Trinajstić information content (AvgIpc) is 3.08. The normalized spacial score (nSPS) is 22.4. The van der Waals surface area contributed by atoms with Gasteiger partial charge in [0.1, 0.15) is 6.10 Å². The third-order valence-electron chi connectivity index (χ3n) is 3.23. The summed E-state index contributed by atoms with van der Waals surface area (Å²) in [5, 5.41) is 2.02. The maximum atomic E-state index is 12.4. The first-order chi connectivity index (χ1) is 9.24. The van der Waals surface area contributed by atoms with E-state index >= 15 is 0 Å². The van der Waals surface area contributed by atoms with E-state index in [1.807, 2.05) is 17.5 Å². The van der Waals surface area contributed by atoms with Crippen molar-refractivity contribution >= 4 is 17.2 Å². The molecule has 1 aromatic heterocycles. The topological polar surface area (TPSA) is 55.6 Å². The quantitative estimate of drug-likeness (QED) is 0.808. The lowest BCUT2D eigenvalue weighted by atomic mass is 10.1. The van der Waals surface area contributed by atoms with Gasteiger partial charge in [0.15, 0.2) is 0 Å². The lowest BCUT2D eigenvalue weighted by Crippen LogP contribution is -2.39. The summed E-state index contributed by atoms with van der Waals surface area (Å²) in [4.78, 5) is 15.4. The van der Waals surface area contributed by atoms with Crippen LogP contribution in [0.15, 0.2) is 30.2 Å². The summed E-state index contributed by atoms with van der Waals surface area (Å²) in [7, 11) is 0. The minimum atomic E-state index is -0.339. The number of carbonyl (C=O) groups is 1. The molecule has 19 heavy (non-hydrogen) atoms. The predicted molar refractivity (Wildman–Crippen MR) is 76.9 cm³/mol. The van der Waals surface area contributed by atoms with Crippen LogP contribution in [-0.2, 0) is 16.1 Å². The largest absolute Gasteiger partial charge is 0.364 e. The van der Waals surface area contributed by atoms with Gasteiger partial charge in [-0.1, -0.05) is 12.1 Å². The van der Waals surface area contributed by atoms with E-state index < -0.39 is 0 Å². The number of hydrogen-bond donors (Lipinski definition) is 1. The first-order valence-corrected chi connectivity index (χ1v) is 7.40. The van der Waals surface area contributed by atoms with Gasteiger partial charge in [-0.05, 0) is 24.3 Å². The summed E-state index contributed by atoms with van der Waals surface area (Å²) in [6, 6.07) is 4.03.